The van der Waals surface area contributed by atoms with Gasteiger partial charge in [-0.25, -0.2) is 5.06 Å². The predicted octanol–water partition coefficient (Wildman–Crippen LogP) is 2.37. The first-order valence-corrected chi connectivity index (χ1v) is 5.67. The summed E-state index contributed by atoms with van der Waals surface area (Å²) >= 11 is 0. The molecule has 1 heterocycles. The van der Waals surface area contributed by atoms with E-state index in [-0.39, 0.29) is 5.91 Å². The number of hydroxylamine groups is 2. The van der Waals surface area contributed by atoms with Crippen molar-refractivity contribution in [1.29, 1.82) is 0 Å². The molecule has 1 saturated heterocycles. The first-order valence-electron chi connectivity index (χ1n) is 5.67. The number of carbonyl (C=O) groups excluding carboxylic acids is 1. The minimum atomic E-state index is 0.147. The summed E-state index contributed by atoms with van der Waals surface area (Å²) in [6, 6.07) is 0. The number of rotatable bonds is 6. The Balaban J connectivity index is 2.01. The van der Waals surface area contributed by atoms with Crippen molar-refractivity contribution in [3.63, 3.8) is 0 Å². The molecule has 0 aliphatic carbocycles. The molecule has 0 N–H and O–H groups in total. The Labute approximate surface area is 86.4 Å². The Kier molecular flexibility index (Phi) is 4.94. The molecular formula is C11H21NO2. The molecule has 1 aliphatic heterocycles. The number of hydrogen-bond acceptors (Lipinski definition) is 2. The molecule has 1 amide bonds. The molecule has 3 heteroatoms. The van der Waals surface area contributed by atoms with E-state index in [2.05, 4.69) is 13.8 Å². The maximum absolute atomic E-state index is 11.2. The van der Waals surface area contributed by atoms with Crippen LogP contribution in [0, 0.1) is 5.92 Å². The third kappa shape index (κ3) is 3.66. The van der Waals surface area contributed by atoms with Crippen LogP contribution in [0.4, 0.5) is 0 Å². The quantitative estimate of drug-likeness (QED) is 0.615. The molecule has 1 rings (SSSR count). The summed E-state index contributed by atoms with van der Waals surface area (Å²) in [7, 11) is 0. The summed E-state index contributed by atoms with van der Waals surface area (Å²) < 4.78 is 0. The number of hydrogen-bond donors (Lipinski definition) is 0. The lowest BCUT2D eigenvalue weighted by Crippen LogP contribution is -2.24. The third-order valence-corrected chi connectivity index (χ3v) is 2.85. The van der Waals surface area contributed by atoms with Gasteiger partial charge in [-0.2, -0.15) is 0 Å². The predicted molar refractivity (Wildman–Crippen MR) is 55.6 cm³/mol. The van der Waals surface area contributed by atoms with Gasteiger partial charge in [0.2, 0.25) is 5.91 Å². The van der Waals surface area contributed by atoms with Gasteiger partial charge in [0.1, 0.15) is 0 Å². The average molecular weight is 199 g/mol. The number of carbonyl (C=O) groups is 1. The maximum atomic E-state index is 11.2. The highest BCUT2D eigenvalue weighted by molar-refractivity contribution is 5.76. The zero-order valence-electron chi connectivity index (χ0n) is 9.29. The number of nitrogens with zero attached hydrogens (tertiary/aromatic N) is 1. The third-order valence-electron chi connectivity index (χ3n) is 2.85. The molecule has 0 aromatic rings. The fourth-order valence-electron chi connectivity index (χ4n) is 1.58. The van der Waals surface area contributed by atoms with Crippen molar-refractivity contribution in [3.05, 3.63) is 0 Å². The van der Waals surface area contributed by atoms with Crippen LogP contribution in [0.2, 0.25) is 0 Å². The molecular weight excluding hydrogens is 178 g/mol. The SMILES string of the molecule is CCC(C)CCCCN1OCCC1=O. The summed E-state index contributed by atoms with van der Waals surface area (Å²) in [5.41, 5.74) is 0. The van der Waals surface area contributed by atoms with E-state index in [1.54, 1.807) is 0 Å². The molecule has 0 bridgehead atoms. The highest BCUT2D eigenvalue weighted by atomic mass is 16.7. The topological polar surface area (TPSA) is 29.5 Å². The normalized spacial score (nSPS) is 19.0. The van der Waals surface area contributed by atoms with Crippen molar-refractivity contribution in [2.45, 2.75) is 46.0 Å². The van der Waals surface area contributed by atoms with Crippen LogP contribution < -0.4 is 0 Å². The molecule has 1 unspecified atom stereocenters. The monoisotopic (exact) mass is 199 g/mol. The molecule has 0 radical (unpaired) electrons. The second-order valence-electron chi connectivity index (χ2n) is 4.09. The summed E-state index contributed by atoms with van der Waals surface area (Å²) in [4.78, 5) is 16.3. The van der Waals surface area contributed by atoms with Crippen LogP contribution in [0.25, 0.3) is 0 Å². The van der Waals surface area contributed by atoms with Gasteiger partial charge in [-0.1, -0.05) is 33.1 Å². The van der Waals surface area contributed by atoms with Crippen molar-refractivity contribution in [1.82, 2.24) is 5.06 Å². The van der Waals surface area contributed by atoms with E-state index in [1.165, 1.54) is 24.3 Å². The van der Waals surface area contributed by atoms with Crippen molar-refractivity contribution >= 4 is 5.91 Å². The Morgan fingerprint density at radius 2 is 2.29 bits per heavy atom. The fourth-order valence-corrected chi connectivity index (χ4v) is 1.58. The van der Waals surface area contributed by atoms with Gasteiger partial charge in [0.15, 0.2) is 0 Å². The smallest absolute Gasteiger partial charge is 0.248 e. The zero-order chi connectivity index (χ0) is 10.4. The van der Waals surface area contributed by atoms with Crippen LogP contribution in [-0.4, -0.2) is 24.1 Å². The highest BCUT2D eigenvalue weighted by Crippen LogP contribution is 2.13. The van der Waals surface area contributed by atoms with Crippen LogP contribution in [0.5, 0.6) is 0 Å². The molecule has 0 aromatic heterocycles. The molecule has 82 valence electrons. The molecule has 1 atom stereocenters. The molecule has 0 saturated carbocycles. The largest absolute Gasteiger partial charge is 0.272 e. The fraction of sp³-hybridized carbons (Fsp3) is 0.909. The van der Waals surface area contributed by atoms with Crippen LogP contribution in [-0.2, 0) is 9.63 Å². The second kappa shape index (κ2) is 6.02. The maximum Gasteiger partial charge on any atom is 0.248 e. The number of unbranched alkanes of at least 4 members (excludes halogenated alkanes) is 1. The second-order valence-corrected chi connectivity index (χ2v) is 4.09. The van der Waals surface area contributed by atoms with E-state index in [0.29, 0.717) is 13.0 Å². The zero-order valence-corrected chi connectivity index (χ0v) is 9.29. The minimum absolute atomic E-state index is 0.147. The molecule has 3 nitrogen and oxygen atoms in total. The van der Waals surface area contributed by atoms with Crippen LogP contribution >= 0.6 is 0 Å². The molecule has 1 aliphatic rings. The Morgan fingerprint density at radius 3 is 2.86 bits per heavy atom. The van der Waals surface area contributed by atoms with Gasteiger partial charge in [0, 0.05) is 6.54 Å². The van der Waals surface area contributed by atoms with Gasteiger partial charge < -0.3 is 0 Å². The van der Waals surface area contributed by atoms with Crippen molar-refractivity contribution in [2.75, 3.05) is 13.2 Å². The Bertz CT molecular complexity index is 182. The average Bonchev–Trinajstić information content (AvgIpc) is 2.58. The standard InChI is InChI=1S/C11H21NO2/c1-3-10(2)6-4-5-8-12-11(13)7-9-14-12/h10H,3-9H2,1-2H3. The lowest BCUT2D eigenvalue weighted by atomic mass is 10.0. The van der Waals surface area contributed by atoms with E-state index in [9.17, 15) is 4.79 Å². The molecule has 0 spiro atoms. The first-order chi connectivity index (χ1) is 6.74. The van der Waals surface area contributed by atoms with Crippen LogP contribution in [0.1, 0.15) is 46.0 Å². The van der Waals surface area contributed by atoms with Crippen LogP contribution in [0.15, 0.2) is 0 Å². The molecule has 14 heavy (non-hydrogen) atoms. The van der Waals surface area contributed by atoms with Gasteiger partial charge >= 0.3 is 0 Å². The van der Waals surface area contributed by atoms with E-state index in [1.807, 2.05) is 0 Å². The summed E-state index contributed by atoms with van der Waals surface area (Å²) in [6.45, 7) is 5.84. The summed E-state index contributed by atoms with van der Waals surface area (Å²) in [5, 5.41) is 1.52. The van der Waals surface area contributed by atoms with E-state index in [0.717, 1.165) is 18.9 Å². The molecule has 1 fully saturated rings. The van der Waals surface area contributed by atoms with E-state index < -0.39 is 0 Å². The Morgan fingerprint density at radius 1 is 1.50 bits per heavy atom. The van der Waals surface area contributed by atoms with Crippen molar-refractivity contribution in [2.24, 2.45) is 5.92 Å². The van der Waals surface area contributed by atoms with Gasteiger partial charge in [-0.3, -0.25) is 9.63 Å². The summed E-state index contributed by atoms with van der Waals surface area (Å²) in [6.07, 6.45) is 5.33. The van der Waals surface area contributed by atoms with Crippen molar-refractivity contribution in [3.8, 4) is 0 Å². The van der Waals surface area contributed by atoms with Crippen molar-refractivity contribution < 1.29 is 9.63 Å². The lowest BCUT2D eigenvalue weighted by Gasteiger charge is -2.14. The van der Waals surface area contributed by atoms with Crippen LogP contribution in [0.3, 0.4) is 0 Å². The highest BCUT2D eigenvalue weighted by Gasteiger charge is 2.20. The Hall–Kier alpha value is -0.570. The number of amides is 1. The lowest BCUT2D eigenvalue weighted by molar-refractivity contribution is -0.161. The summed E-state index contributed by atoms with van der Waals surface area (Å²) in [5.74, 6) is 0.957. The van der Waals surface area contributed by atoms with Gasteiger partial charge in [-0.05, 0) is 12.3 Å². The van der Waals surface area contributed by atoms with Gasteiger partial charge in [0.05, 0.1) is 13.0 Å². The first kappa shape index (κ1) is 11.5. The van der Waals surface area contributed by atoms with E-state index in [4.69, 9.17) is 4.84 Å². The minimum Gasteiger partial charge on any atom is -0.272 e. The van der Waals surface area contributed by atoms with Gasteiger partial charge in [-0.15, -0.1) is 0 Å². The van der Waals surface area contributed by atoms with Gasteiger partial charge in [0.25, 0.3) is 0 Å². The van der Waals surface area contributed by atoms with E-state index >= 15 is 0 Å². The molecule has 0 aromatic carbocycles.